The maximum atomic E-state index is 10.8. The predicted octanol–water partition coefficient (Wildman–Crippen LogP) is 2.20. The van der Waals surface area contributed by atoms with E-state index < -0.39 is 5.97 Å². The summed E-state index contributed by atoms with van der Waals surface area (Å²) in [6.07, 6.45) is 8.09. The molecule has 0 unspecified atom stereocenters. The average Bonchev–Trinajstić information content (AvgIpc) is 2.81. The Morgan fingerprint density at radius 1 is 1.35 bits per heavy atom. The van der Waals surface area contributed by atoms with Crippen LogP contribution in [-0.4, -0.2) is 30.8 Å². The first-order valence-electron chi connectivity index (χ1n) is 7.03. The van der Waals surface area contributed by atoms with Crippen molar-refractivity contribution in [2.75, 3.05) is 0 Å². The van der Waals surface area contributed by atoms with Crippen LogP contribution in [0, 0.1) is 5.92 Å². The molecule has 0 spiro atoms. The molecule has 0 aliphatic heterocycles. The van der Waals surface area contributed by atoms with Crippen LogP contribution in [0.1, 0.15) is 44.2 Å². The third-order valence-electron chi connectivity index (χ3n) is 4.08. The highest BCUT2D eigenvalue weighted by Gasteiger charge is 2.22. The maximum Gasteiger partial charge on any atom is 0.325 e. The number of hydrogen-bond donors (Lipinski definition) is 1. The van der Waals surface area contributed by atoms with Gasteiger partial charge in [-0.05, 0) is 18.8 Å². The Morgan fingerprint density at radius 3 is 2.80 bits per heavy atom. The molecule has 1 aliphatic rings. The van der Waals surface area contributed by atoms with Gasteiger partial charge in [0.05, 0.1) is 11.9 Å². The van der Waals surface area contributed by atoms with E-state index in [1.54, 1.807) is 6.20 Å². The van der Waals surface area contributed by atoms with Crippen LogP contribution < -0.4 is 0 Å². The molecule has 0 saturated heterocycles. The summed E-state index contributed by atoms with van der Waals surface area (Å²) in [5.74, 6) is 0.311. The Labute approximate surface area is 116 Å². The second-order valence-corrected chi connectivity index (χ2v) is 5.66. The van der Waals surface area contributed by atoms with Crippen LogP contribution in [0.15, 0.2) is 12.4 Å². The van der Waals surface area contributed by atoms with Crippen molar-refractivity contribution >= 4 is 17.1 Å². The molecule has 6 heteroatoms. The summed E-state index contributed by atoms with van der Waals surface area (Å²) in [5.41, 5.74) is 2.19. The van der Waals surface area contributed by atoms with Crippen LogP contribution in [0.5, 0.6) is 0 Å². The molecular formula is C14H18N4O2. The minimum atomic E-state index is -0.923. The van der Waals surface area contributed by atoms with E-state index in [-0.39, 0.29) is 6.54 Å². The smallest absolute Gasteiger partial charge is 0.325 e. The second-order valence-electron chi connectivity index (χ2n) is 5.66. The fourth-order valence-electron chi connectivity index (χ4n) is 2.86. The molecule has 2 aromatic rings. The van der Waals surface area contributed by atoms with Crippen molar-refractivity contribution in [1.29, 1.82) is 0 Å². The van der Waals surface area contributed by atoms with Gasteiger partial charge in [0.1, 0.15) is 12.1 Å². The number of carbonyl (C=O) groups is 1. The summed E-state index contributed by atoms with van der Waals surface area (Å²) in [5, 5.41) is 12.9. The molecule has 3 rings (SSSR count). The van der Waals surface area contributed by atoms with Gasteiger partial charge in [-0.3, -0.25) is 4.79 Å². The highest BCUT2D eigenvalue weighted by Crippen LogP contribution is 2.34. The first kappa shape index (κ1) is 13.0. The Kier molecular flexibility index (Phi) is 3.38. The van der Waals surface area contributed by atoms with Crippen LogP contribution in [0.3, 0.4) is 0 Å². The van der Waals surface area contributed by atoms with Crippen LogP contribution in [0.25, 0.3) is 11.2 Å². The van der Waals surface area contributed by atoms with Gasteiger partial charge in [0.15, 0.2) is 5.65 Å². The molecule has 0 radical (unpaired) electrons. The zero-order chi connectivity index (χ0) is 14.1. The van der Waals surface area contributed by atoms with Crippen molar-refractivity contribution < 1.29 is 9.90 Å². The van der Waals surface area contributed by atoms with Gasteiger partial charge in [0.25, 0.3) is 0 Å². The van der Waals surface area contributed by atoms with Crippen molar-refractivity contribution in [2.45, 2.75) is 45.1 Å². The van der Waals surface area contributed by atoms with E-state index in [2.05, 4.69) is 22.0 Å². The second kappa shape index (κ2) is 5.19. The number of hydrogen-bond acceptors (Lipinski definition) is 4. The largest absolute Gasteiger partial charge is 0.480 e. The Morgan fingerprint density at radius 2 is 2.10 bits per heavy atom. The van der Waals surface area contributed by atoms with E-state index in [0.717, 1.165) is 24.5 Å². The average molecular weight is 274 g/mol. The lowest BCUT2D eigenvalue weighted by molar-refractivity contribution is -0.137. The molecule has 6 nitrogen and oxygen atoms in total. The number of carboxylic acids is 1. The number of nitrogens with zero attached hydrogens (tertiary/aromatic N) is 4. The monoisotopic (exact) mass is 274 g/mol. The molecule has 2 aromatic heterocycles. The van der Waals surface area contributed by atoms with E-state index in [9.17, 15) is 4.79 Å². The van der Waals surface area contributed by atoms with E-state index in [1.807, 2.05) is 6.20 Å². The minimum absolute atomic E-state index is 0.177. The lowest BCUT2D eigenvalue weighted by atomic mass is 9.81. The molecular weight excluding hydrogens is 256 g/mol. The van der Waals surface area contributed by atoms with Gasteiger partial charge in [-0.15, -0.1) is 0 Å². The molecule has 20 heavy (non-hydrogen) atoms. The van der Waals surface area contributed by atoms with Crippen LogP contribution in [-0.2, 0) is 11.3 Å². The molecule has 0 atom stereocenters. The summed E-state index contributed by atoms with van der Waals surface area (Å²) in [6, 6.07) is 0. The summed E-state index contributed by atoms with van der Waals surface area (Å²) in [4.78, 5) is 19.8. The molecule has 0 aromatic carbocycles. The van der Waals surface area contributed by atoms with Crippen molar-refractivity contribution in [2.24, 2.45) is 5.92 Å². The molecule has 1 saturated carbocycles. The summed E-state index contributed by atoms with van der Waals surface area (Å²) >= 11 is 0. The van der Waals surface area contributed by atoms with Gasteiger partial charge in [0.2, 0.25) is 0 Å². The molecule has 1 N–H and O–H groups in total. The molecule has 2 heterocycles. The quantitative estimate of drug-likeness (QED) is 0.928. The van der Waals surface area contributed by atoms with Crippen LogP contribution >= 0.6 is 0 Å². The van der Waals surface area contributed by atoms with Crippen LogP contribution in [0.4, 0.5) is 0 Å². The van der Waals surface area contributed by atoms with E-state index >= 15 is 0 Å². The van der Waals surface area contributed by atoms with E-state index in [4.69, 9.17) is 5.11 Å². The van der Waals surface area contributed by atoms with Gasteiger partial charge in [-0.25, -0.2) is 14.6 Å². The number of carboxylic acid groups (broad SMARTS) is 1. The van der Waals surface area contributed by atoms with E-state index in [0.29, 0.717) is 17.1 Å². The Balaban J connectivity index is 1.90. The summed E-state index contributed by atoms with van der Waals surface area (Å²) in [6.45, 7) is 2.11. The summed E-state index contributed by atoms with van der Waals surface area (Å²) in [7, 11) is 0. The third kappa shape index (κ3) is 2.50. The third-order valence-corrected chi connectivity index (χ3v) is 4.08. The minimum Gasteiger partial charge on any atom is -0.480 e. The molecule has 0 bridgehead atoms. The fourth-order valence-corrected chi connectivity index (χ4v) is 2.86. The fraction of sp³-hybridized carbons (Fsp3) is 0.571. The number of aliphatic carboxylic acids is 1. The lowest BCUT2D eigenvalue weighted by Crippen LogP contribution is -2.14. The number of rotatable bonds is 3. The zero-order valence-corrected chi connectivity index (χ0v) is 11.5. The standard InChI is InChI=1S/C14H18N4O2/c1-9-2-4-10(5-3-9)11-6-15-12-7-16-18(8-13(19)20)14(12)17-11/h6-7,9-10H,2-5,8H2,1H3,(H,19,20). The van der Waals surface area contributed by atoms with Gasteiger partial charge in [-0.2, -0.15) is 5.10 Å². The van der Waals surface area contributed by atoms with Crippen molar-refractivity contribution in [3.05, 3.63) is 18.1 Å². The number of aromatic nitrogens is 4. The first-order valence-corrected chi connectivity index (χ1v) is 7.03. The summed E-state index contributed by atoms with van der Waals surface area (Å²) < 4.78 is 1.40. The lowest BCUT2D eigenvalue weighted by Gasteiger charge is -2.25. The molecule has 1 aliphatic carbocycles. The zero-order valence-electron chi connectivity index (χ0n) is 11.5. The van der Waals surface area contributed by atoms with Gasteiger partial charge < -0.3 is 5.11 Å². The topological polar surface area (TPSA) is 80.9 Å². The highest BCUT2D eigenvalue weighted by molar-refractivity contribution is 5.73. The maximum absolute atomic E-state index is 10.8. The highest BCUT2D eigenvalue weighted by atomic mass is 16.4. The van der Waals surface area contributed by atoms with Gasteiger partial charge in [-0.1, -0.05) is 19.8 Å². The van der Waals surface area contributed by atoms with E-state index in [1.165, 1.54) is 17.5 Å². The molecule has 106 valence electrons. The molecule has 0 amide bonds. The molecule has 1 fully saturated rings. The van der Waals surface area contributed by atoms with Crippen LogP contribution in [0.2, 0.25) is 0 Å². The predicted molar refractivity (Wildman–Crippen MR) is 73.3 cm³/mol. The Hall–Kier alpha value is -1.98. The van der Waals surface area contributed by atoms with Crippen molar-refractivity contribution in [3.63, 3.8) is 0 Å². The SMILES string of the molecule is CC1CCC(c2cnc3cnn(CC(=O)O)c3n2)CC1. The van der Waals surface area contributed by atoms with Crippen molar-refractivity contribution in [1.82, 2.24) is 19.7 Å². The van der Waals surface area contributed by atoms with Gasteiger partial charge >= 0.3 is 5.97 Å². The first-order chi connectivity index (χ1) is 9.63. The number of fused-ring (bicyclic) bond motifs is 1. The van der Waals surface area contributed by atoms with Crippen molar-refractivity contribution in [3.8, 4) is 0 Å². The normalized spacial score (nSPS) is 23.1. The van der Waals surface area contributed by atoms with Gasteiger partial charge in [0, 0.05) is 12.1 Å². The Bertz CT molecular complexity index is 629.